The van der Waals surface area contributed by atoms with E-state index in [-0.39, 0.29) is 0 Å². The van der Waals surface area contributed by atoms with Gasteiger partial charge in [-0.15, -0.1) is 0 Å². The molecule has 8 nitrogen and oxygen atoms in total. The number of pyridine rings is 1. The maximum absolute atomic E-state index is 12.3. The molecule has 0 aliphatic heterocycles. The van der Waals surface area contributed by atoms with Crippen molar-refractivity contribution in [1.82, 2.24) is 4.98 Å². The van der Waals surface area contributed by atoms with Crippen LogP contribution in [0.15, 0.2) is 11.1 Å². The zero-order valence-electron chi connectivity index (χ0n) is 7.87. The summed E-state index contributed by atoms with van der Waals surface area (Å²) in [6.07, 6.45) is -3.00. The summed E-state index contributed by atoms with van der Waals surface area (Å²) in [5, 5.41) is 24.3. The van der Waals surface area contributed by atoms with Crippen molar-refractivity contribution >= 4 is 15.7 Å². The summed E-state index contributed by atoms with van der Waals surface area (Å²) in [5.41, 5.74) is -2.46. The fraction of sp³-hybridized carbons (Fsp3) is 0.167. The second-order valence-electron chi connectivity index (χ2n) is 2.81. The standard InChI is InChI=1S/C6H5F2N3O5S/c7-6(8)3-4(12)5(17(9,15)16)2(1-10-3)11(13)14/h1,6,12H,(H2,9,15,16). The Kier molecular flexibility index (Phi) is 3.24. The minimum Gasteiger partial charge on any atom is -0.504 e. The molecule has 94 valence electrons. The van der Waals surface area contributed by atoms with Crippen LogP contribution < -0.4 is 5.14 Å². The second-order valence-corrected chi connectivity index (χ2v) is 4.31. The van der Waals surface area contributed by atoms with Crippen LogP contribution in [0.3, 0.4) is 0 Å². The summed E-state index contributed by atoms with van der Waals surface area (Å²) >= 11 is 0. The molecule has 1 aromatic heterocycles. The molecule has 0 amide bonds. The zero-order valence-corrected chi connectivity index (χ0v) is 8.69. The minimum atomic E-state index is -4.73. The number of aromatic nitrogens is 1. The highest BCUT2D eigenvalue weighted by Crippen LogP contribution is 2.36. The molecule has 0 radical (unpaired) electrons. The number of sulfonamides is 1. The van der Waals surface area contributed by atoms with Crippen molar-refractivity contribution in [2.45, 2.75) is 11.3 Å². The number of hydrogen-bond donors (Lipinski definition) is 2. The monoisotopic (exact) mass is 269 g/mol. The van der Waals surface area contributed by atoms with Crippen molar-refractivity contribution < 1.29 is 27.2 Å². The highest BCUT2D eigenvalue weighted by atomic mass is 32.2. The van der Waals surface area contributed by atoms with Gasteiger partial charge in [0, 0.05) is 0 Å². The Bertz CT molecular complexity index is 573. The van der Waals surface area contributed by atoms with Gasteiger partial charge in [0.15, 0.2) is 5.75 Å². The predicted octanol–water partition coefficient (Wildman–Crippen LogP) is 0.280. The molecule has 1 aromatic rings. The lowest BCUT2D eigenvalue weighted by atomic mass is 10.3. The number of hydrogen-bond acceptors (Lipinski definition) is 6. The van der Waals surface area contributed by atoms with Gasteiger partial charge in [-0.25, -0.2) is 27.3 Å². The Hall–Kier alpha value is -1.88. The summed E-state index contributed by atoms with van der Waals surface area (Å²) in [7, 11) is -4.73. The van der Waals surface area contributed by atoms with Crippen LogP contribution in [0.2, 0.25) is 0 Å². The first-order valence-electron chi connectivity index (χ1n) is 3.83. The van der Waals surface area contributed by atoms with Crippen LogP contribution in [0.25, 0.3) is 0 Å². The molecule has 0 saturated heterocycles. The topological polar surface area (TPSA) is 136 Å². The summed E-state index contributed by atoms with van der Waals surface area (Å²) in [4.78, 5) is 10.8. The maximum Gasteiger partial charge on any atom is 0.311 e. The largest absolute Gasteiger partial charge is 0.504 e. The number of alkyl halides is 2. The van der Waals surface area contributed by atoms with Gasteiger partial charge in [0.2, 0.25) is 14.9 Å². The Morgan fingerprint density at radius 2 is 2.06 bits per heavy atom. The number of nitrogens with two attached hydrogens (primary N) is 1. The fourth-order valence-electron chi connectivity index (χ4n) is 1.06. The number of primary sulfonamides is 1. The summed E-state index contributed by atoms with van der Waals surface area (Å²) in [5.74, 6) is -1.52. The normalized spacial score (nSPS) is 11.8. The number of aromatic hydroxyl groups is 1. The van der Waals surface area contributed by atoms with E-state index < -0.39 is 43.4 Å². The highest BCUT2D eigenvalue weighted by Gasteiger charge is 2.32. The van der Waals surface area contributed by atoms with Gasteiger partial charge in [-0.1, -0.05) is 0 Å². The van der Waals surface area contributed by atoms with Gasteiger partial charge in [-0.3, -0.25) is 10.1 Å². The highest BCUT2D eigenvalue weighted by molar-refractivity contribution is 7.89. The molecule has 0 aliphatic rings. The van der Waals surface area contributed by atoms with E-state index >= 15 is 0 Å². The third-order valence-electron chi connectivity index (χ3n) is 1.70. The van der Waals surface area contributed by atoms with Crippen molar-refractivity contribution in [3.8, 4) is 5.75 Å². The van der Waals surface area contributed by atoms with Gasteiger partial charge >= 0.3 is 5.69 Å². The van der Waals surface area contributed by atoms with E-state index in [4.69, 9.17) is 0 Å². The lowest BCUT2D eigenvalue weighted by Crippen LogP contribution is -2.15. The van der Waals surface area contributed by atoms with Gasteiger partial charge in [0.1, 0.15) is 11.9 Å². The van der Waals surface area contributed by atoms with Gasteiger partial charge in [0.05, 0.1) is 4.92 Å². The first-order valence-corrected chi connectivity index (χ1v) is 5.38. The smallest absolute Gasteiger partial charge is 0.311 e. The van der Waals surface area contributed by atoms with E-state index in [1.165, 1.54) is 0 Å². The summed E-state index contributed by atoms with van der Waals surface area (Å²) < 4.78 is 46.6. The maximum atomic E-state index is 12.3. The zero-order chi connectivity index (χ0) is 13.4. The molecule has 0 bridgehead atoms. The van der Waals surface area contributed by atoms with E-state index in [1.807, 2.05) is 0 Å². The van der Waals surface area contributed by atoms with E-state index in [9.17, 15) is 32.4 Å². The van der Waals surface area contributed by atoms with Crippen molar-refractivity contribution in [2.75, 3.05) is 0 Å². The summed E-state index contributed by atoms with van der Waals surface area (Å²) in [6.45, 7) is 0. The molecule has 3 N–H and O–H groups in total. The molecule has 1 rings (SSSR count). The molecule has 11 heteroatoms. The number of nitro groups is 1. The van der Waals surface area contributed by atoms with Crippen LogP contribution >= 0.6 is 0 Å². The van der Waals surface area contributed by atoms with Crippen LogP contribution in [-0.4, -0.2) is 23.4 Å². The van der Waals surface area contributed by atoms with Gasteiger partial charge in [0.25, 0.3) is 6.43 Å². The van der Waals surface area contributed by atoms with E-state index in [1.54, 1.807) is 0 Å². The lowest BCUT2D eigenvalue weighted by molar-refractivity contribution is -0.388. The lowest BCUT2D eigenvalue weighted by Gasteiger charge is -2.06. The van der Waals surface area contributed by atoms with E-state index in [2.05, 4.69) is 10.1 Å². The van der Waals surface area contributed by atoms with Gasteiger partial charge in [-0.2, -0.15) is 0 Å². The molecule has 17 heavy (non-hydrogen) atoms. The molecular formula is C6H5F2N3O5S. The van der Waals surface area contributed by atoms with Crippen LogP contribution in [0.4, 0.5) is 14.5 Å². The Morgan fingerprint density at radius 3 is 2.41 bits per heavy atom. The third-order valence-corrected chi connectivity index (χ3v) is 2.68. The molecule has 0 aliphatic carbocycles. The summed E-state index contributed by atoms with van der Waals surface area (Å²) in [6, 6.07) is 0. The molecule has 0 fully saturated rings. The molecule has 0 saturated carbocycles. The van der Waals surface area contributed by atoms with Crippen molar-refractivity contribution in [3.63, 3.8) is 0 Å². The Balaban J connectivity index is 3.72. The molecule has 0 atom stereocenters. The van der Waals surface area contributed by atoms with E-state index in [0.29, 0.717) is 6.20 Å². The molecular weight excluding hydrogens is 264 g/mol. The van der Waals surface area contributed by atoms with Gasteiger partial charge in [-0.05, 0) is 0 Å². The van der Waals surface area contributed by atoms with Gasteiger partial charge < -0.3 is 5.11 Å². The average Bonchev–Trinajstić information content (AvgIpc) is 2.14. The average molecular weight is 269 g/mol. The molecule has 0 unspecified atom stereocenters. The minimum absolute atomic E-state index is 0.293. The fourth-order valence-corrected chi connectivity index (χ4v) is 1.85. The van der Waals surface area contributed by atoms with Crippen LogP contribution in [0.1, 0.15) is 12.1 Å². The first kappa shape index (κ1) is 13.2. The first-order chi connectivity index (χ1) is 7.66. The van der Waals surface area contributed by atoms with Crippen LogP contribution in [0.5, 0.6) is 5.75 Å². The molecule has 1 heterocycles. The predicted molar refractivity (Wildman–Crippen MR) is 48.9 cm³/mol. The third kappa shape index (κ3) is 2.45. The number of nitrogens with zero attached hydrogens (tertiary/aromatic N) is 2. The Morgan fingerprint density at radius 1 is 1.53 bits per heavy atom. The molecule has 0 aromatic carbocycles. The van der Waals surface area contributed by atoms with Crippen molar-refractivity contribution in [1.29, 1.82) is 0 Å². The quantitative estimate of drug-likeness (QED) is 0.597. The number of rotatable bonds is 3. The SMILES string of the molecule is NS(=O)(=O)c1c([N+](=O)[O-])cnc(C(F)F)c1O. The Labute approximate surface area is 92.9 Å². The van der Waals surface area contributed by atoms with Crippen molar-refractivity contribution in [3.05, 3.63) is 22.0 Å². The second kappa shape index (κ2) is 4.18. The van der Waals surface area contributed by atoms with Crippen LogP contribution in [-0.2, 0) is 10.0 Å². The molecule has 0 spiro atoms. The van der Waals surface area contributed by atoms with E-state index in [0.717, 1.165) is 0 Å². The number of halogens is 2. The van der Waals surface area contributed by atoms with Crippen LogP contribution in [0, 0.1) is 10.1 Å². The van der Waals surface area contributed by atoms with Crippen molar-refractivity contribution in [2.24, 2.45) is 5.14 Å².